The Kier molecular flexibility index (Phi) is 6.18. The lowest BCUT2D eigenvalue weighted by Crippen LogP contribution is -2.28. The zero-order chi connectivity index (χ0) is 24.5. The van der Waals surface area contributed by atoms with Crippen LogP contribution < -0.4 is 15.4 Å². The average Bonchev–Trinajstić information content (AvgIpc) is 3.35. The Morgan fingerprint density at radius 1 is 1.24 bits per heavy atom. The van der Waals surface area contributed by atoms with Gasteiger partial charge in [-0.15, -0.1) is 5.10 Å². The van der Waals surface area contributed by atoms with Crippen molar-refractivity contribution in [2.75, 3.05) is 18.5 Å². The first-order valence-electron chi connectivity index (χ1n) is 10.1. The molecule has 2 N–H and O–H groups in total. The van der Waals surface area contributed by atoms with E-state index in [1.54, 1.807) is 6.92 Å². The summed E-state index contributed by atoms with van der Waals surface area (Å²) in [5.41, 5.74) is 0.723. The molecule has 13 heteroatoms. The first-order chi connectivity index (χ1) is 16.1. The molecule has 2 atom stereocenters. The number of nitrogens with one attached hydrogen (secondary N) is 2. The van der Waals surface area contributed by atoms with Gasteiger partial charge in [0.05, 0.1) is 24.0 Å². The molecule has 0 bridgehead atoms. The predicted octanol–water partition coefficient (Wildman–Crippen LogP) is 2.73. The molecular formula is C21H18F4N6O3. The van der Waals surface area contributed by atoms with Crippen LogP contribution in [0.3, 0.4) is 0 Å². The summed E-state index contributed by atoms with van der Waals surface area (Å²) in [6, 6.07) is 4.56. The highest BCUT2D eigenvalue weighted by molar-refractivity contribution is 5.98. The molecule has 2 amide bonds. The van der Waals surface area contributed by atoms with Crippen molar-refractivity contribution < 1.29 is 31.9 Å². The molecule has 0 aliphatic carbocycles. The van der Waals surface area contributed by atoms with Crippen LogP contribution >= 0.6 is 0 Å². The van der Waals surface area contributed by atoms with E-state index in [9.17, 15) is 27.2 Å². The summed E-state index contributed by atoms with van der Waals surface area (Å²) >= 11 is 0. The number of alkyl halides is 3. The van der Waals surface area contributed by atoms with E-state index in [4.69, 9.17) is 4.74 Å². The van der Waals surface area contributed by atoms with Gasteiger partial charge in [0, 0.05) is 30.2 Å². The third-order valence-corrected chi connectivity index (χ3v) is 5.17. The van der Waals surface area contributed by atoms with Gasteiger partial charge in [0.1, 0.15) is 23.6 Å². The van der Waals surface area contributed by atoms with Gasteiger partial charge >= 0.3 is 6.18 Å². The first kappa shape index (κ1) is 23.1. The number of aromatic nitrogens is 4. The van der Waals surface area contributed by atoms with Crippen molar-refractivity contribution in [2.45, 2.75) is 13.1 Å². The maximum absolute atomic E-state index is 14.2. The average molecular weight is 478 g/mol. The van der Waals surface area contributed by atoms with Gasteiger partial charge in [0.25, 0.3) is 0 Å². The maximum atomic E-state index is 14.2. The second-order valence-electron chi connectivity index (χ2n) is 7.63. The van der Waals surface area contributed by atoms with Crippen LogP contribution in [0, 0.1) is 17.7 Å². The van der Waals surface area contributed by atoms with Gasteiger partial charge in [-0.3, -0.25) is 9.59 Å². The molecule has 3 aromatic rings. The number of carbonyl (C=O) groups excluding carboxylic acids is 2. The molecule has 3 heterocycles. The number of benzene rings is 1. The summed E-state index contributed by atoms with van der Waals surface area (Å²) in [6.45, 7) is 0.220. The monoisotopic (exact) mass is 478 g/mol. The van der Waals surface area contributed by atoms with E-state index >= 15 is 0 Å². The maximum Gasteiger partial charge on any atom is 0.422 e. The van der Waals surface area contributed by atoms with Crippen LogP contribution in [-0.2, 0) is 9.59 Å². The number of rotatable bonds is 6. The molecule has 9 nitrogen and oxygen atoms in total. The third kappa shape index (κ3) is 5.13. The van der Waals surface area contributed by atoms with Gasteiger partial charge in [-0.05, 0) is 12.1 Å². The largest absolute Gasteiger partial charge is 0.484 e. The summed E-state index contributed by atoms with van der Waals surface area (Å²) in [7, 11) is 0. The van der Waals surface area contributed by atoms with Crippen molar-refractivity contribution in [1.82, 2.24) is 25.1 Å². The summed E-state index contributed by atoms with van der Waals surface area (Å²) in [4.78, 5) is 32.2. The normalized spacial score (nSPS) is 18.0. The zero-order valence-electron chi connectivity index (χ0n) is 17.6. The molecule has 1 fully saturated rings. The van der Waals surface area contributed by atoms with E-state index in [1.165, 1.54) is 35.5 Å². The van der Waals surface area contributed by atoms with Gasteiger partial charge in [0.15, 0.2) is 12.4 Å². The topological polar surface area (TPSA) is 111 Å². The Labute approximate surface area is 190 Å². The van der Waals surface area contributed by atoms with Crippen molar-refractivity contribution in [3.05, 3.63) is 48.8 Å². The molecule has 0 unspecified atom stereocenters. The molecule has 2 aromatic heterocycles. The molecule has 0 saturated carbocycles. The molecule has 34 heavy (non-hydrogen) atoms. The van der Waals surface area contributed by atoms with Crippen LogP contribution in [0.1, 0.15) is 6.92 Å². The van der Waals surface area contributed by atoms with Gasteiger partial charge < -0.3 is 15.4 Å². The molecular weight excluding hydrogens is 460 g/mol. The summed E-state index contributed by atoms with van der Waals surface area (Å²) < 4.78 is 57.9. The van der Waals surface area contributed by atoms with Crippen LogP contribution in [0.2, 0.25) is 0 Å². The fourth-order valence-corrected chi connectivity index (χ4v) is 3.47. The molecule has 178 valence electrons. The van der Waals surface area contributed by atoms with E-state index in [1.807, 2.05) is 0 Å². The molecule has 1 aliphatic heterocycles. The van der Waals surface area contributed by atoms with Crippen molar-refractivity contribution in [1.29, 1.82) is 0 Å². The van der Waals surface area contributed by atoms with Crippen molar-refractivity contribution >= 4 is 17.6 Å². The summed E-state index contributed by atoms with van der Waals surface area (Å²) in [5.74, 6) is -2.91. The van der Waals surface area contributed by atoms with Crippen LogP contribution in [0.4, 0.5) is 23.4 Å². The number of halogens is 4. The highest BCUT2D eigenvalue weighted by atomic mass is 19.4. The third-order valence-electron chi connectivity index (χ3n) is 5.17. The fourth-order valence-electron chi connectivity index (χ4n) is 3.47. The van der Waals surface area contributed by atoms with Gasteiger partial charge in [0.2, 0.25) is 11.8 Å². The second kappa shape index (κ2) is 9.08. The minimum Gasteiger partial charge on any atom is -0.484 e. The minimum absolute atomic E-state index is 0.0809. The molecule has 1 aromatic carbocycles. The predicted molar refractivity (Wildman–Crippen MR) is 110 cm³/mol. The van der Waals surface area contributed by atoms with Gasteiger partial charge in [-0.1, -0.05) is 6.92 Å². The summed E-state index contributed by atoms with van der Waals surface area (Å²) in [6.07, 6.45) is -0.485. The van der Waals surface area contributed by atoms with Crippen LogP contribution in [-0.4, -0.2) is 50.9 Å². The van der Waals surface area contributed by atoms with E-state index in [0.29, 0.717) is 5.69 Å². The van der Waals surface area contributed by atoms with E-state index in [0.717, 1.165) is 12.1 Å². The second-order valence-corrected chi connectivity index (χ2v) is 7.63. The molecule has 1 saturated heterocycles. The Morgan fingerprint density at radius 3 is 2.62 bits per heavy atom. The molecule has 0 radical (unpaired) electrons. The highest BCUT2D eigenvalue weighted by Gasteiger charge is 2.36. The van der Waals surface area contributed by atoms with Gasteiger partial charge in [-0.2, -0.15) is 13.2 Å². The number of anilines is 1. The van der Waals surface area contributed by atoms with E-state index < -0.39 is 36.3 Å². The van der Waals surface area contributed by atoms with Crippen molar-refractivity contribution in [3.8, 4) is 22.7 Å². The number of hydrogen-bond donors (Lipinski definition) is 2. The quantitative estimate of drug-likeness (QED) is 0.527. The Morgan fingerprint density at radius 2 is 1.97 bits per heavy atom. The Balaban J connectivity index is 1.69. The lowest BCUT2D eigenvalue weighted by Gasteiger charge is -2.11. The number of carbonyl (C=O) groups is 2. The number of hydrogen-bond acceptors (Lipinski definition) is 6. The highest BCUT2D eigenvalue weighted by Crippen LogP contribution is 2.31. The summed E-state index contributed by atoms with van der Waals surface area (Å²) in [5, 5.41) is 9.56. The van der Waals surface area contributed by atoms with Gasteiger partial charge in [-0.25, -0.2) is 19.0 Å². The lowest BCUT2D eigenvalue weighted by atomic mass is 9.97. The number of nitrogens with zero attached hydrogens (tertiary/aromatic N) is 4. The fraction of sp³-hybridized carbons (Fsp3) is 0.286. The first-order valence-corrected chi connectivity index (χ1v) is 10.1. The van der Waals surface area contributed by atoms with Crippen molar-refractivity contribution in [2.24, 2.45) is 11.8 Å². The van der Waals surface area contributed by atoms with Crippen LogP contribution in [0.15, 0.2) is 43.0 Å². The zero-order valence-corrected chi connectivity index (χ0v) is 17.6. The Hall–Kier alpha value is -4.03. The standard InChI is InChI=1S/C21H18F4N6O3/c1-11-16(8-28-19(11)32)20(33)29-18-5-17(31(30-18)14-6-26-10-27-7-14)12-2-13(22)4-15(3-12)34-9-21(23,24)25/h2-7,10-11,16H,8-9H2,1H3,(H,28,32)(H,29,30,33)/t11-,16+/m1/s1. The molecule has 4 rings (SSSR count). The smallest absolute Gasteiger partial charge is 0.422 e. The van der Waals surface area contributed by atoms with Crippen LogP contribution in [0.25, 0.3) is 16.9 Å². The molecule has 0 spiro atoms. The SMILES string of the molecule is C[C@H]1C(=O)NC[C@@H]1C(=O)Nc1cc(-c2cc(F)cc(OCC(F)(F)F)c2)n(-c2cncnc2)n1. The minimum atomic E-state index is -4.60. The number of ether oxygens (including phenoxy) is 1. The number of amides is 2. The van der Waals surface area contributed by atoms with E-state index in [-0.39, 0.29) is 35.3 Å². The molecule has 1 aliphatic rings. The van der Waals surface area contributed by atoms with Crippen LogP contribution in [0.5, 0.6) is 5.75 Å². The Bertz CT molecular complexity index is 1210. The lowest BCUT2D eigenvalue weighted by molar-refractivity contribution is -0.153. The van der Waals surface area contributed by atoms with Crippen molar-refractivity contribution in [3.63, 3.8) is 0 Å². The van der Waals surface area contributed by atoms with E-state index in [2.05, 4.69) is 25.7 Å².